The van der Waals surface area contributed by atoms with Gasteiger partial charge in [0.05, 0.1) is 18.8 Å². The quantitative estimate of drug-likeness (QED) is 0.885. The predicted octanol–water partition coefficient (Wildman–Crippen LogP) is 2.78. The Labute approximate surface area is 144 Å². The average Bonchev–Trinajstić information content (AvgIpc) is 2.67. The third-order valence-electron chi connectivity index (χ3n) is 4.49. The Morgan fingerprint density at radius 3 is 2.25 bits per heavy atom. The maximum Gasteiger partial charge on any atom is 0.0985 e. The molecule has 1 aliphatic heterocycles. The second-order valence-electron chi connectivity index (χ2n) is 6.18. The number of benzene rings is 2. The minimum Gasteiger partial charge on any atom is -0.394 e. The molecular weight excluding hydrogens is 300 g/mol. The SMILES string of the molecule is CCN(C[C@@H]1CN(c2ccccc2)C[C@H](CO)O1)c1ccccc1. The first kappa shape index (κ1) is 16.8. The van der Waals surface area contributed by atoms with Gasteiger partial charge in [-0.25, -0.2) is 0 Å². The van der Waals surface area contributed by atoms with Crippen LogP contribution in [0.5, 0.6) is 0 Å². The second kappa shape index (κ2) is 8.18. The number of ether oxygens (including phenoxy) is 1. The van der Waals surface area contributed by atoms with Crippen LogP contribution in [0, 0.1) is 0 Å². The first-order chi connectivity index (χ1) is 11.8. The lowest BCUT2D eigenvalue weighted by Crippen LogP contribution is -2.52. The van der Waals surface area contributed by atoms with E-state index in [2.05, 4.69) is 65.3 Å². The summed E-state index contributed by atoms with van der Waals surface area (Å²) in [5.74, 6) is 0. The molecule has 2 aromatic carbocycles. The fourth-order valence-electron chi connectivity index (χ4n) is 3.28. The zero-order valence-electron chi connectivity index (χ0n) is 14.2. The lowest BCUT2D eigenvalue weighted by molar-refractivity contribution is -0.0466. The van der Waals surface area contributed by atoms with Crippen molar-refractivity contribution in [2.75, 3.05) is 42.6 Å². The Hall–Kier alpha value is -2.04. The van der Waals surface area contributed by atoms with E-state index in [9.17, 15) is 5.11 Å². The summed E-state index contributed by atoms with van der Waals surface area (Å²) in [5.41, 5.74) is 2.40. The molecule has 24 heavy (non-hydrogen) atoms. The molecule has 1 fully saturated rings. The number of para-hydroxylation sites is 2. The molecule has 0 spiro atoms. The average molecular weight is 326 g/mol. The molecule has 2 atom stereocenters. The van der Waals surface area contributed by atoms with E-state index < -0.39 is 0 Å². The smallest absolute Gasteiger partial charge is 0.0985 e. The lowest BCUT2D eigenvalue weighted by Gasteiger charge is -2.40. The number of likely N-dealkylation sites (N-methyl/N-ethyl adjacent to an activating group) is 1. The number of aliphatic hydroxyl groups excluding tert-OH is 1. The molecule has 3 rings (SSSR count). The minimum atomic E-state index is -0.140. The number of aliphatic hydroxyl groups is 1. The molecule has 0 aromatic heterocycles. The summed E-state index contributed by atoms with van der Waals surface area (Å²) in [4.78, 5) is 4.64. The van der Waals surface area contributed by atoms with Gasteiger partial charge in [0, 0.05) is 37.6 Å². The summed E-state index contributed by atoms with van der Waals surface area (Å²) >= 11 is 0. The fourth-order valence-corrected chi connectivity index (χ4v) is 3.28. The number of anilines is 2. The van der Waals surface area contributed by atoms with Crippen LogP contribution in [0.1, 0.15) is 6.92 Å². The van der Waals surface area contributed by atoms with Gasteiger partial charge in [-0.05, 0) is 31.2 Å². The van der Waals surface area contributed by atoms with Crippen LogP contribution in [-0.2, 0) is 4.74 Å². The van der Waals surface area contributed by atoms with Crippen LogP contribution in [0.15, 0.2) is 60.7 Å². The summed E-state index contributed by atoms with van der Waals surface area (Å²) in [6.45, 7) is 5.53. The van der Waals surface area contributed by atoms with Crippen LogP contribution in [0.3, 0.4) is 0 Å². The molecule has 0 bridgehead atoms. The highest BCUT2D eigenvalue weighted by Gasteiger charge is 2.28. The Bertz CT molecular complexity index is 606. The first-order valence-electron chi connectivity index (χ1n) is 8.66. The standard InChI is InChI=1S/C20H26N2O2/c1-2-21(17-9-5-3-6-10-17)13-19-14-22(15-20(16-23)24-19)18-11-7-4-8-12-18/h3-12,19-20,23H,2,13-16H2,1H3/t19-,20-/m1/s1. The highest BCUT2D eigenvalue weighted by molar-refractivity contribution is 5.48. The molecule has 0 amide bonds. The van der Waals surface area contributed by atoms with Crippen LogP contribution >= 0.6 is 0 Å². The second-order valence-corrected chi connectivity index (χ2v) is 6.18. The van der Waals surface area contributed by atoms with E-state index in [1.54, 1.807) is 0 Å². The van der Waals surface area contributed by atoms with Gasteiger partial charge >= 0.3 is 0 Å². The Balaban J connectivity index is 1.72. The minimum absolute atomic E-state index is 0.0529. The summed E-state index contributed by atoms with van der Waals surface area (Å²) in [5, 5.41) is 9.62. The van der Waals surface area contributed by atoms with Crippen molar-refractivity contribution in [2.45, 2.75) is 19.1 Å². The molecule has 4 heteroatoms. The zero-order chi connectivity index (χ0) is 16.8. The van der Waals surface area contributed by atoms with Crippen molar-refractivity contribution in [1.29, 1.82) is 0 Å². The number of nitrogens with zero attached hydrogens (tertiary/aromatic N) is 2. The van der Waals surface area contributed by atoms with Gasteiger partial charge in [0.2, 0.25) is 0 Å². The summed E-state index contributed by atoms with van der Waals surface area (Å²) in [6, 6.07) is 20.8. The van der Waals surface area contributed by atoms with Crippen LogP contribution in [0.2, 0.25) is 0 Å². The Morgan fingerprint density at radius 1 is 1.00 bits per heavy atom. The molecule has 0 unspecified atom stereocenters. The molecule has 1 aliphatic rings. The van der Waals surface area contributed by atoms with Gasteiger partial charge in [-0.2, -0.15) is 0 Å². The van der Waals surface area contributed by atoms with Gasteiger partial charge < -0.3 is 19.6 Å². The Kier molecular flexibility index (Phi) is 5.72. The van der Waals surface area contributed by atoms with Crippen molar-refractivity contribution in [2.24, 2.45) is 0 Å². The molecule has 0 aliphatic carbocycles. The highest BCUT2D eigenvalue weighted by atomic mass is 16.5. The van der Waals surface area contributed by atoms with E-state index in [-0.39, 0.29) is 18.8 Å². The van der Waals surface area contributed by atoms with Crippen LogP contribution in [0.4, 0.5) is 11.4 Å². The van der Waals surface area contributed by atoms with Gasteiger partial charge in [-0.1, -0.05) is 36.4 Å². The molecule has 0 radical (unpaired) electrons. The monoisotopic (exact) mass is 326 g/mol. The van der Waals surface area contributed by atoms with Gasteiger partial charge in [-0.15, -0.1) is 0 Å². The van der Waals surface area contributed by atoms with Crippen molar-refractivity contribution in [3.05, 3.63) is 60.7 Å². The summed E-state index contributed by atoms with van der Waals surface area (Å²) < 4.78 is 6.11. The molecule has 4 nitrogen and oxygen atoms in total. The number of morpholine rings is 1. The van der Waals surface area contributed by atoms with E-state index in [4.69, 9.17) is 4.74 Å². The van der Waals surface area contributed by atoms with Crippen molar-refractivity contribution < 1.29 is 9.84 Å². The highest BCUT2D eigenvalue weighted by Crippen LogP contribution is 2.22. The lowest BCUT2D eigenvalue weighted by atomic mass is 10.1. The van der Waals surface area contributed by atoms with Gasteiger partial charge in [0.15, 0.2) is 0 Å². The molecule has 1 saturated heterocycles. The van der Waals surface area contributed by atoms with Crippen LogP contribution < -0.4 is 9.80 Å². The maximum absolute atomic E-state index is 9.62. The molecule has 0 saturated carbocycles. The van der Waals surface area contributed by atoms with Crippen LogP contribution in [-0.4, -0.2) is 50.1 Å². The van der Waals surface area contributed by atoms with E-state index in [0.29, 0.717) is 0 Å². The van der Waals surface area contributed by atoms with Crippen LogP contribution in [0.25, 0.3) is 0 Å². The fraction of sp³-hybridized carbons (Fsp3) is 0.400. The normalized spacial score (nSPS) is 20.8. The van der Waals surface area contributed by atoms with E-state index in [0.717, 1.165) is 26.2 Å². The molecular formula is C20H26N2O2. The van der Waals surface area contributed by atoms with Gasteiger partial charge in [0.1, 0.15) is 0 Å². The van der Waals surface area contributed by atoms with Crippen molar-refractivity contribution in [3.63, 3.8) is 0 Å². The largest absolute Gasteiger partial charge is 0.394 e. The predicted molar refractivity (Wildman–Crippen MR) is 98.7 cm³/mol. The van der Waals surface area contributed by atoms with Gasteiger partial charge in [-0.3, -0.25) is 0 Å². The third kappa shape index (κ3) is 4.08. The summed E-state index contributed by atoms with van der Waals surface area (Å²) in [6.07, 6.45) is -0.0744. The van der Waals surface area contributed by atoms with Crippen molar-refractivity contribution in [1.82, 2.24) is 0 Å². The molecule has 1 heterocycles. The zero-order valence-corrected chi connectivity index (χ0v) is 14.2. The van der Waals surface area contributed by atoms with Gasteiger partial charge in [0.25, 0.3) is 0 Å². The van der Waals surface area contributed by atoms with E-state index >= 15 is 0 Å². The third-order valence-corrected chi connectivity index (χ3v) is 4.49. The van der Waals surface area contributed by atoms with E-state index in [1.807, 2.05) is 12.1 Å². The summed E-state index contributed by atoms with van der Waals surface area (Å²) in [7, 11) is 0. The maximum atomic E-state index is 9.62. The number of hydrogen-bond donors (Lipinski definition) is 1. The Morgan fingerprint density at radius 2 is 1.62 bits per heavy atom. The molecule has 1 N–H and O–H groups in total. The van der Waals surface area contributed by atoms with Crippen molar-refractivity contribution >= 4 is 11.4 Å². The van der Waals surface area contributed by atoms with E-state index in [1.165, 1.54) is 11.4 Å². The van der Waals surface area contributed by atoms with Crippen molar-refractivity contribution in [3.8, 4) is 0 Å². The molecule has 2 aromatic rings. The first-order valence-corrected chi connectivity index (χ1v) is 8.66. The number of rotatable bonds is 6. The topological polar surface area (TPSA) is 35.9 Å². The number of hydrogen-bond acceptors (Lipinski definition) is 4. The molecule has 128 valence electrons.